The summed E-state index contributed by atoms with van der Waals surface area (Å²) < 4.78 is 0. The summed E-state index contributed by atoms with van der Waals surface area (Å²) in [5.74, 6) is 0.775. The van der Waals surface area contributed by atoms with Crippen molar-refractivity contribution < 1.29 is 5.11 Å². The maximum absolute atomic E-state index is 9.33. The van der Waals surface area contributed by atoms with Crippen LogP contribution in [0.1, 0.15) is 24.9 Å². The first kappa shape index (κ1) is 12.7. The summed E-state index contributed by atoms with van der Waals surface area (Å²) >= 11 is 0. The summed E-state index contributed by atoms with van der Waals surface area (Å²) in [6.45, 7) is 3.70. The minimum Gasteiger partial charge on any atom is -0.393 e. The largest absolute Gasteiger partial charge is 0.393 e. The van der Waals surface area contributed by atoms with Crippen molar-refractivity contribution in [3.63, 3.8) is 0 Å². The van der Waals surface area contributed by atoms with Gasteiger partial charge in [0, 0.05) is 11.3 Å². The van der Waals surface area contributed by atoms with Crippen LogP contribution < -0.4 is 0 Å². The van der Waals surface area contributed by atoms with E-state index in [1.165, 1.54) is 0 Å². The number of aryl methyl sites for hydroxylation is 2. The lowest BCUT2D eigenvalue weighted by atomic mass is 10.1. The van der Waals surface area contributed by atoms with Gasteiger partial charge in [0.05, 0.1) is 11.8 Å². The van der Waals surface area contributed by atoms with Crippen molar-refractivity contribution >= 4 is 0 Å². The summed E-state index contributed by atoms with van der Waals surface area (Å²) in [6.07, 6.45) is 1.21. The van der Waals surface area contributed by atoms with Gasteiger partial charge in [-0.15, -0.1) is 0 Å². The maximum atomic E-state index is 9.33. The van der Waals surface area contributed by atoms with Crippen LogP contribution in [0.3, 0.4) is 0 Å². The van der Waals surface area contributed by atoms with Crippen molar-refractivity contribution in [2.75, 3.05) is 0 Å². The topological polar surface area (TPSA) is 46.0 Å². The first-order valence-corrected chi connectivity index (χ1v) is 6.23. The van der Waals surface area contributed by atoms with Crippen molar-refractivity contribution in [1.29, 1.82) is 0 Å². The highest BCUT2D eigenvalue weighted by Crippen LogP contribution is 2.18. The van der Waals surface area contributed by atoms with Gasteiger partial charge in [-0.05, 0) is 32.8 Å². The second kappa shape index (κ2) is 5.74. The SMILES string of the molecule is Cc1nc(CCC(C)O)cc(-c2ccccc2)n1. The number of hydrogen-bond donors (Lipinski definition) is 1. The molecule has 1 unspecified atom stereocenters. The van der Waals surface area contributed by atoms with Crippen LogP contribution in [-0.4, -0.2) is 21.2 Å². The van der Waals surface area contributed by atoms with Crippen molar-refractivity contribution in [3.05, 3.63) is 47.9 Å². The number of aliphatic hydroxyl groups excluding tert-OH is 1. The van der Waals surface area contributed by atoms with Crippen LogP contribution in [0.15, 0.2) is 36.4 Å². The fourth-order valence-corrected chi connectivity index (χ4v) is 1.87. The number of rotatable bonds is 4. The van der Waals surface area contributed by atoms with Gasteiger partial charge in [0.15, 0.2) is 0 Å². The molecule has 1 N–H and O–H groups in total. The number of aliphatic hydroxyl groups is 1. The van der Waals surface area contributed by atoms with E-state index >= 15 is 0 Å². The van der Waals surface area contributed by atoms with Crippen LogP contribution in [0.2, 0.25) is 0 Å². The zero-order valence-corrected chi connectivity index (χ0v) is 10.8. The lowest BCUT2D eigenvalue weighted by molar-refractivity contribution is 0.184. The minimum absolute atomic E-state index is 0.291. The van der Waals surface area contributed by atoms with E-state index in [4.69, 9.17) is 0 Å². The Labute approximate surface area is 108 Å². The van der Waals surface area contributed by atoms with Crippen LogP contribution in [0.4, 0.5) is 0 Å². The van der Waals surface area contributed by atoms with Crippen LogP contribution in [-0.2, 0) is 6.42 Å². The van der Waals surface area contributed by atoms with Crippen molar-refractivity contribution in [1.82, 2.24) is 9.97 Å². The highest BCUT2D eigenvalue weighted by molar-refractivity contribution is 5.59. The van der Waals surface area contributed by atoms with Gasteiger partial charge in [0.2, 0.25) is 0 Å². The molecule has 3 heteroatoms. The molecule has 0 aliphatic heterocycles. The van der Waals surface area contributed by atoms with E-state index in [2.05, 4.69) is 9.97 Å². The molecule has 2 aromatic rings. The predicted molar refractivity (Wildman–Crippen MR) is 72.2 cm³/mol. The fraction of sp³-hybridized carbons (Fsp3) is 0.333. The second-order valence-corrected chi connectivity index (χ2v) is 4.55. The highest BCUT2D eigenvalue weighted by Gasteiger charge is 2.05. The highest BCUT2D eigenvalue weighted by atomic mass is 16.3. The Kier molecular flexibility index (Phi) is 4.05. The lowest BCUT2D eigenvalue weighted by Gasteiger charge is -2.07. The van der Waals surface area contributed by atoms with Gasteiger partial charge >= 0.3 is 0 Å². The Morgan fingerprint density at radius 3 is 2.56 bits per heavy atom. The van der Waals surface area contributed by atoms with E-state index in [9.17, 15) is 5.11 Å². The molecule has 1 atom stereocenters. The van der Waals surface area contributed by atoms with Gasteiger partial charge in [-0.3, -0.25) is 0 Å². The standard InChI is InChI=1S/C15H18N2O/c1-11(18)8-9-14-10-15(17-12(2)16-14)13-6-4-3-5-7-13/h3-7,10-11,18H,8-9H2,1-2H3. The van der Waals surface area contributed by atoms with E-state index < -0.39 is 0 Å². The molecular weight excluding hydrogens is 224 g/mol. The molecule has 0 saturated heterocycles. The summed E-state index contributed by atoms with van der Waals surface area (Å²) in [6, 6.07) is 12.1. The van der Waals surface area contributed by atoms with Crippen LogP contribution in [0.25, 0.3) is 11.3 Å². The number of aromatic nitrogens is 2. The van der Waals surface area contributed by atoms with Crippen LogP contribution in [0.5, 0.6) is 0 Å². The average molecular weight is 242 g/mol. The lowest BCUT2D eigenvalue weighted by Crippen LogP contribution is -2.04. The third-order valence-electron chi connectivity index (χ3n) is 2.78. The molecule has 3 nitrogen and oxygen atoms in total. The molecule has 0 radical (unpaired) electrons. The Bertz CT molecular complexity index is 509. The molecule has 18 heavy (non-hydrogen) atoms. The molecule has 1 aromatic carbocycles. The van der Waals surface area contributed by atoms with Crippen LogP contribution >= 0.6 is 0 Å². The van der Waals surface area contributed by atoms with Crippen LogP contribution in [0, 0.1) is 6.92 Å². The third-order valence-corrected chi connectivity index (χ3v) is 2.78. The monoisotopic (exact) mass is 242 g/mol. The zero-order valence-electron chi connectivity index (χ0n) is 10.8. The van der Waals surface area contributed by atoms with E-state index in [-0.39, 0.29) is 6.10 Å². The number of hydrogen-bond acceptors (Lipinski definition) is 3. The van der Waals surface area contributed by atoms with E-state index in [1.807, 2.05) is 43.3 Å². The average Bonchev–Trinajstić information content (AvgIpc) is 2.37. The fourth-order valence-electron chi connectivity index (χ4n) is 1.87. The normalized spacial score (nSPS) is 12.4. The molecule has 0 aliphatic rings. The summed E-state index contributed by atoms with van der Waals surface area (Å²) in [5.41, 5.74) is 3.03. The molecule has 2 rings (SSSR count). The molecule has 0 amide bonds. The molecule has 0 saturated carbocycles. The van der Waals surface area contributed by atoms with E-state index in [0.717, 1.165) is 35.6 Å². The molecular formula is C15H18N2O. The van der Waals surface area contributed by atoms with Crippen molar-refractivity contribution in [2.45, 2.75) is 32.8 Å². The zero-order chi connectivity index (χ0) is 13.0. The Balaban J connectivity index is 2.27. The Hall–Kier alpha value is -1.74. The first-order valence-electron chi connectivity index (χ1n) is 6.23. The molecule has 0 spiro atoms. The number of benzene rings is 1. The van der Waals surface area contributed by atoms with Gasteiger partial charge in [-0.1, -0.05) is 30.3 Å². The summed E-state index contributed by atoms with van der Waals surface area (Å²) in [7, 11) is 0. The third kappa shape index (κ3) is 3.37. The number of nitrogens with zero attached hydrogens (tertiary/aromatic N) is 2. The Morgan fingerprint density at radius 2 is 1.89 bits per heavy atom. The summed E-state index contributed by atoms with van der Waals surface area (Å²) in [4.78, 5) is 8.87. The molecule has 0 bridgehead atoms. The van der Waals surface area contributed by atoms with Gasteiger partial charge in [0.25, 0.3) is 0 Å². The summed E-state index contributed by atoms with van der Waals surface area (Å²) in [5, 5.41) is 9.33. The quantitative estimate of drug-likeness (QED) is 0.896. The van der Waals surface area contributed by atoms with E-state index in [1.54, 1.807) is 6.92 Å². The molecule has 94 valence electrons. The molecule has 1 heterocycles. The van der Waals surface area contributed by atoms with E-state index in [0.29, 0.717) is 0 Å². The predicted octanol–water partition coefficient (Wildman–Crippen LogP) is 2.77. The minimum atomic E-state index is -0.291. The Morgan fingerprint density at radius 1 is 1.17 bits per heavy atom. The molecule has 0 aliphatic carbocycles. The second-order valence-electron chi connectivity index (χ2n) is 4.55. The molecule has 1 aromatic heterocycles. The van der Waals surface area contributed by atoms with Gasteiger partial charge in [-0.25, -0.2) is 9.97 Å². The smallest absolute Gasteiger partial charge is 0.126 e. The molecule has 0 fully saturated rings. The maximum Gasteiger partial charge on any atom is 0.126 e. The van der Waals surface area contributed by atoms with Gasteiger partial charge in [-0.2, -0.15) is 0 Å². The van der Waals surface area contributed by atoms with Crippen molar-refractivity contribution in [3.8, 4) is 11.3 Å². The van der Waals surface area contributed by atoms with Gasteiger partial charge < -0.3 is 5.11 Å². The van der Waals surface area contributed by atoms with Crippen molar-refractivity contribution in [2.24, 2.45) is 0 Å². The first-order chi connectivity index (χ1) is 8.65. The van der Waals surface area contributed by atoms with Gasteiger partial charge in [0.1, 0.15) is 5.82 Å².